The van der Waals surface area contributed by atoms with Gasteiger partial charge in [-0.15, -0.1) is 5.10 Å². The smallest absolute Gasteiger partial charge is 0.319 e. The second-order valence-electron chi connectivity index (χ2n) is 4.08. The van der Waals surface area contributed by atoms with Gasteiger partial charge in [0.1, 0.15) is 5.75 Å². The van der Waals surface area contributed by atoms with Crippen molar-refractivity contribution in [1.29, 1.82) is 0 Å². The summed E-state index contributed by atoms with van der Waals surface area (Å²) in [5.41, 5.74) is 0.275. The summed E-state index contributed by atoms with van der Waals surface area (Å²) in [6, 6.07) is 6.22. The fourth-order valence-electron chi connectivity index (χ4n) is 1.67. The average Bonchev–Trinajstić information content (AvgIpc) is 2.91. The molecule has 1 aliphatic heterocycles. The van der Waals surface area contributed by atoms with Gasteiger partial charge in [-0.1, -0.05) is 0 Å². The van der Waals surface area contributed by atoms with Crippen LogP contribution in [0.4, 0.5) is 5.69 Å². The second kappa shape index (κ2) is 5.92. The Kier molecular flexibility index (Phi) is 4.22. The molecular weight excluding hydrogens is 298 g/mol. The Bertz CT molecular complexity index is 694. The zero-order valence-corrected chi connectivity index (χ0v) is 11.9. The van der Waals surface area contributed by atoms with E-state index in [9.17, 15) is 13.2 Å². The molecule has 1 aromatic rings. The molecule has 0 aliphatic carbocycles. The number of carboxylic acids is 1. The average molecular weight is 311 g/mol. The third-order valence-corrected chi connectivity index (χ3v) is 3.99. The summed E-state index contributed by atoms with van der Waals surface area (Å²) in [6.07, 6.45) is 0.967. The van der Waals surface area contributed by atoms with Crippen molar-refractivity contribution in [2.45, 2.75) is 6.92 Å². The molecule has 9 heteroatoms. The lowest BCUT2D eigenvalue weighted by Crippen LogP contribution is -2.33. The molecule has 1 aromatic carbocycles. The lowest BCUT2D eigenvalue weighted by Gasteiger charge is -2.10. The number of hydrogen-bond acceptors (Lipinski definition) is 6. The van der Waals surface area contributed by atoms with Crippen LogP contribution in [0.25, 0.3) is 0 Å². The fraction of sp³-hybridized carbons (Fsp3) is 0.250. The minimum Gasteiger partial charge on any atom is -0.494 e. The molecule has 0 amide bonds. The highest BCUT2D eigenvalue weighted by Crippen LogP contribution is 2.19. The number of anilines is 1. The van der Waals surface area contributed by atoms with Crippen LogP contribution in [-0.4, -0.2) is 37.4 Å². The number of aliphatic carboxylic acids is 1. The Hall–Kier alpha value is -2.42. The van der Waals surface area contributed by atoms with E-state index in [1.807, 2.05) is 6.92 Å². The molecule has 0 saturated heterocycles. The number of ether oxygens (including phenoxy) is 1. The van der Waals surface area contributed by atoms with Crippen LogP contribution in [0.5, 0.6) is 5.75 Å². The second-order valence-corrected chi connectivity index (χ2v) is 5.71. The summed E-state index contributed by atoms with van der Waals surface area (Å²) in [4.78, 5) is 10.9. The van der Waals surface area contributed by atoms with Crippen LogP contribution in [0, 0.1) is 5.92 Å². The van der Waals surface area contributed by atoms with E-state index in [0.717, 1.165) is 6.21 Å². The number of nitrogens with zero attached hydrogens (tertiary/aromatic N) is 2. The predicted octanol–water partition coefficient (Wildman–Crippen LogP) is 0.926. The van der Waals surface area contributed by atoms with Gasteiger partial charge in [-0.2, -0.15) is 13.5 Å². The minimum absolute atomic E-state index is 0.275. The third-order valence-electron chi connectivity index (χ3n) is 2.60. The molecule has 0 bridgehead atoms. The summed E-state index contributed by atoms with van der Waals surface area (Å²) in [6.45, 7) is 2.33. The molecular formula is C12H13N3O5S. The number of carboxylic acid groups (broad SMARTS) is 1. The van der Waals surface area contributed by atoms with E-state index in [-0.39, 0.29) is 5.69 Å². The summed E-state index contributed by atoms with van der Waals surface area (Å²) in [5.74, 6) is -2.09. The van der Waals surface area contributed by atoms with Crippen molar-refractivity contribution in [1.82, 2.24) is 0 Å². The van der Waals surface area contributed by atoms with E-state index in [1.54, 1.807) is 12.1 Å². The Morgan fingerprint density at radius 3 is 2.62 bits per heavy atom. The standard InChI is InChI=1S/C12H13N3O5S/c1-2-20-9-5-3-8(4-6-9)15-21(18,19)11-10(12(16)17)7-13-14-11/h3-7,10,15H,2H2,1H3,(H,16,17). The van der Waals surface area contributed by atoms with Gasteiger partial charge in [-0.05, 0) is 31.2 Å². The molecule has 8 nitrogen and oxygen atoms in total. The lowest BCUT2D eigenvalue weighted by atomic mass is 10.2. The first-order chi connectivity index (χ1) is 9.94. The molecule has 0 fully saturated rings. The van der Waals surface area contributed by atoms with E-state index in [0.29, 0.717) is 12.4 Å². The maximum Gasteiger partial charge on any atom is 0.319 e. The first-order valence-electron chi connectivity index (χ1n) is 6.03. The van der Waals surface area contributed by atoms with E-state index in [1.165, 1.54) is 12.1 Å². The van der Waals surface area contributed by atoms with Crippen molar-refractivity contribution < 1.29 is 23.1 Å². The number of carbonyl (C=O) groups is 1. The number of benzene rings is 1. The van der Waals surface area contributed by atoms with Crippen molar-refractivity contribution in [3.8, 4) is 5.75 Å². The van der Waals surface area contributed by atoms with Crippen LogP contribution in [0.2, 0.25) is 0 Å². The monoisotopic (exact) mass is 311 g/mol. The normalized spacial score (nSPS) is 17.4. The highest BCUT2D eigenvalue weighted by molar-refractivity contribution is 8.07. The van der Waals surface area contributed by atoms with Crippen molar-refractivity contribution in [3.63, 3.8) is 0 Å². The van der Waals surface area contributed by atoms with E-state index >= 15 is 0 Å². The maximum atomic E-state index is 12.1. The van der Waals surface area contributed by atoms with Crippen molar-refractivity contribution in [3.05, 3.63) is 24.3 Å². The molecule has 0 saturated carbocycles. The topological polar surface area (TPSA) is 117 Å². The molecule has 2 rings (SSSR count). The van der Waals surface area contributed by atoms with Gasteiger partial charge in [0.05, 0.1) is 6.61 Å². The van der Waals surface area contributed by atoms with Gasteiger partial charge in [0.25, 0.3) is 10.0 Å². The van der Waals surface area contributed by atoms with Gasteiger partial charge in [0, 0.05) is 11.9 Å². The van der Waals surface area contributed by atoms with E-state index in [4.69, 9.17) is 9.84 Å². The highest BCUT2D eigenvalue weighted by atomic mass is 32.2. The SMILES string of the molecule is CCOc1ccc(NS(=O)(=O)C2=NN=CC2C(=O)O)cc1. The first-order valence-corrected chi connectivity index (χ1v) is 7.52. The molecule has 0 spiro atoms. The first kappa shape index (κ1) is 15.0. The van der Waals surface area contributed by atoms with Crippen LogP contribution in [0.1, 0.15) is 6.92 Å². The van der Waals surface area contributed by atoms with Crippen molar-refractivity contribution >= 4 is 32.9 Å². The maximum absolute atomic E-state index is 12.1. The molecule has 0 aromatic heterocycles. The van der Waals surface area contributed by atoms with Crippen LogP contribution in [-0.2, 0) is 14.8 Å². The van der Waals surface area contributed by atoms with E-state index in [2.05, 4.69) is 14.9 Å². The van der Waals surface area contributed by atoms with E-state index < -0.39 is 27.0 Å². The largest absolute Gasteiger partial charge is 0.494 e. The van der Waals surface area contributed by atoms with Gasteiger partial charge >= 0.3 is 5.97 Å². The number of rotatable bonds is 5. The molecule has 0 radical (unpaired) electrons. The third kappa shape index (κ3) is 3.37. The number of sulfonamides is 1. The fourth-order valence-corrected chi connectivity index (χ4v) is 2.87. The molecule has 2 N–H and O–H groups in total. The molecule has 112 valence electrons. The van der Waals surface area contributed by atoms with Crippen molar-refractivity contribution in [2.75, 3.05) is 11.3 Å². The molecule has 1 heterocycles. The van der Waals surface area contributed by atoms with Gasteiger partial charge in [0.15, 0.2) is 11.0 Å². The van der Waals surface area contributed by atoms with Crippen molar-refractivity contribution in [2.24, 2.45) is 16.1 Å². The Balaban J connectivity index is 2.16. The van der Waals surface area contributed by atoms with Crippen LogP contribution >= 0.6 is 0 Å². The Morgan fingerprint density at radius 1 is 1.38 bits per heavy atom. The molecule has 1 unspecified atom stereocenters. The minimum atomic E-state index is -4.08. The summed E-state index contributed by atoms with van der Waals surface area (Å²) in [7, 11) is -4.08. The number of nitrogens with one attached hydrogen (secondary N) is 1. The Morgan fingerprint density at radius 2 is 2.05 bits per heavy atom. The number of hydrogen-bond donors (Lipinski definition) is 2. The zero-order valence-electron chi connectivity index (χ0n) is 11.1. The van der Waals surface area contributed by atoms with Gasteiger partial charge in [-0.3, -0.25) is 9.52 Å². The molecule has 1 atom stereocenters. The molecule has 21 heavy (non-hydrogen) atoms. The van der Waals surface area contributed by atoms with Crippen LogP contribution < -0.4 is 9.46 Å². The zero-order chi connectivity index (χ0) is 15.5. The van der Waals surface area contributed by atoms with Crippen LogP contribution in [0.15, 0.2) is 34.5 Å². The van der Waals surface area contributed by atoms with Gasteiger partial charge in [-0.25, -0.2) is 0 Å². The lowest BCUT2D eigenvalue weighted by molar-refractivity contribution is -0.137. The quantitative estimate of drug-likeness (QED) is 0.838. The highest BCUT2D eigenvalue weighted by Gasteiger charge is 2.35. The Labute approximate surface area is 121 Å². The summed E-state index contributed by atoms with van der Waals surface area (Å²) >= 11 is 0. The summed E-state index contributed by atoms with van der Waals surface area (Å²) in [5, 5.41) is 15.1. The predicted molar refractivity (Wildman–Crippen MR) is 77.2 cm³/mol. The summed E-state index contributed by atoms with van der Waals surface area (Å²) < 4.78 is 31.7. The molecule has 1 aliphatic rings. The van der Waals surface area contributed by atoms with Gasteiger partial charge < -0.3 is 9.84 Å². The van der Waals surface area contributed by atoms with Gasteiger partial charge in [0.2, 0.25) is 0 Å². The van der Waals surface area contributed by atoms with Crippen LogP contribution in [0.3, 0.4) is 0 Å².